The summed E-state index contributed by atoms with van der Waals surface area (Å²) in [5, 5.41) is 8.08. The van der Waals surface area contributed by atoms with Gasteiger partial charge in [-0.1, -0.05) is 17.2 Å². The minimum absolute atomic E-state index is 0.0713. The predicted octanol–water partition coefficient (Wildman–Crippen LogP) is 1.20. The third-order valence-electron chi connectivity index (χ3n) is 4.10. The Morgan fingerprint density at radius 2 is 1.94 bits per heavy atom. The van der Waals surface area contributed by atoms with Gasteiger partial charge in [-0.15, -0.1) is 16.8 Å². The second kappa shape index (κ2) is 11.6. The number of nitrogens with zero attached hydrogens (tertiary/aromatic N) is 4. The molecule has 13 heteroatoms. The van der Waals surface area contributed by atoms with Crippen LogP contribution in [0.25, 0.3) is 10.4 Å². The molecule has 1 aromatic rings. The van der Waals surface area contributed by atoms with Gasteiger partial charge in [-0.05, 0) is 17.7 Å². The fourth-order valence-electron chi connectivity index (χ4n) is 2.48. The van der Waals surface area contributed by atoms with Gasteiger partial charge in [-0.25, -0.2) is 4.79 Å². The minimum Gasteiger partial charge on any atom is -0.359 e. The van der Waals surface area contributed by atoms with Gasteiger partial charge in [0.15, 0.2) is 0 Å². The van der Waals surface area contributed by atoms with Crippen LogP contribution in [-0.4, -0.2) is 59.3 Å². The zero-order chi connectivity index (χ0) is 22.8. The highest BCUT2D eigenvalue weighted by atomic mass is 32.2. The first kappa shape index (κ1) is 23.7. The number of benzene rings is 1. The lowest BCUT2D eigenvalue weighted by Crippen LogP contribution is -2.34. The van der Waals surface area contributed by atoms with Crippen LogP contribution in [0.2, 0.25) is 0 Å². The van der Waals surface area contributed by atoms with Crippen molar-refractivity contribution >= 4 is 47.0 Å². The summed E-state index contributed by atoms with van der Waals surface area (Å²) in [4.78, 5) is 67.0. The Bertz CT molecular complexity index is 915. The molecule has 1 saturated heterocycles. The van der Waals surface area contributed by atoms with Crippen LogP contribution in [0.1, 0.15) is 29.6 Å². The molecule has 1 aliphatic heterocycles. The number of carbonyl (C=O) groups is 5. The zero-order valence-corrected chi connectivity index (χ0v) is 17.4. The fraction of sp³-hybridized carbons (Fsp3) is 0.389. The molecule has 1 fully saturated rings. The lowest BCUT2D eigenvalue weighted by atomic mass is 10.2. The summed E-state index contributed by atoms with van der Waals surface area (Å²) in [5.41, 5.74) is 8.74. The van der Waals surface area contributed by atoms with Crippen LogP contribution < -0.4 is 10.6 Å². The first-order valence-corrected chi connectivity index (χ1v) is 10.2. The Morgan fingerprint density at radius 1 is 1.23 bits per heavy atom. The standard InChI is InChI=1S/C18H20N6O6S/c1-20-14(25)6-8-21-15(26)7-9-31-13-10-16(27)24(17(13)28)30-18(29)11-2-4-12(5-3-11)22-23-19/h2-5,13H,6-10H2,1H3,(H,20,25)(H,21,26). The number of amides is 4. The minimum atomic E-state index is -0.907. The summed E-state index contributed by atoms with van der Waals surface area (Å²) in [5.74, 6) is -2.43. The molecule has 12 nitrogen and oxygen atoms in total. The maximum atomic E-state index is 12.4. The van der Waals surface area contributed by atoms with E-state index >= 15 is 0 Å². The Kier molecular flexibility index (Phi) is 8.85. The summed E-state index contributed by atoms with van der Waals surface area (Å²) >= 11 is 1.11. The molecular formula is C18H20N6O6S. The van der Waals surface area contributed by atoms with E-state index in [1.807, 2.05) is 0 Å². The maximum Gasteiger partial charge on any atom is 0.363 e. The molecular weight excluding hydrogens is 428 g/mol. The van der Waals surface area contributed by atoms with Crippen molar-refractivity contribution in [2.45, 2.75) is 24.5 Å². The van der Waals surface area contributed by atoms with Crippen molar-refractivity contribution < 1.29 is 28.8 Å². The van der Waals surface area contributed by atoms with Crippen LogP contribution in [0.15, 0.2) is 29.4 Å². The van der Waals surface area contributed by atoms with Crippen molar-refractivity contribution in [3.05, 3.63) is 40.3 Å². The molecule has 0 radical (unpaired) electrons. The van der Waals surface area contributed by atoms with Crippen molar-refractivity contribution in [1.29, 1.82) is 0 Å². The summed E-state index contributed by atoms with van der Waals surface area (Å²) in [6.07, 6.45) is 0.123. The normalized spacial score (nSPS) is 15.3. The molecule has 31 heavy (non-hydrogen) atoms. The maximum absolute atomic E-state index is 12.4. The van der Waals surface area contributed by atoms with Crippen molar-refractivity contribution in [1.82, 2.24) is 15.7 Å². The van der Waals surface area contributed by atoms with Gasteiger partial charge in [0.2, 0.25) is 11.8 Å². The van der Waals surface area contributed by atoms with Crippen molar-refractivity contribution in [2.24, 2.45) is 5.11 Å². The molecule has 0 bridgehead atoms. The van der Waals surface area contributed by atoms with Crippen LogP contribution in [0.5, 0.6) is 0 Å². The second-order valence-corrected chi connectivity index (χ2v) is 7.54. The summed E-state index contributed by atoms with van der Waals surface area (Å²) in [6.45, 7) is 0.206. The third-order valence-corrected chi connectivity index (χ3v) is 5.31. The number of nitrogens with one attached hydrogen (secondary N) is 2. The highest BCUT2D eigenvalue weighted by molar-refractivity contribution is 8.00. The van der Waals surface area contributed by atoms with E-state index in [0.29, 0.717) is 10.8 Å². The molecule has 0 saturated carbocycles. The van der Waals surface area contributed by atoms with E-state index in [4.69, 9.17) is 10.4 Å². The lowest BCUT2D eigenvalue weighted by molar-refractivity contribution is -0.172. The average molecular weight is 448 g/mol. The topological polar surface area (TPSA) is 171 Å². The molecule has 1 aliphatic rings. The van der Waals surface area contributed by atoms with Crippen LogP contribution in [0.3, 0.4) is 0 Å². The van der Waals surface area contributed by atoms with Gasteiger partial charge in [0.1, 0.15) is 0 Å². The van der Waals surface area contributed by atoms with Crippen molar-refractivity contribution in [3.8, 4) is 0 Å². The van der Waals surface area contributed by atoms with Gasteiger partial charge >= 0.3 is 5.97 Å². The molecule has 1 unspecified atom stereocenters. The van der Waals surface area contributed by atoms with E-state index in [1.54, 1.807) is 0 Å². The van der Waals surface area contributed by atoms with Gasteiger partial charge < -0.3 is 15.5 Å². The first-order valence-electron chi connectivity index (χ1n) is 9.19. The number of rotatable bonds is 10. The Labute approximate surface area is 181 Å². The van der Waals surface area contributed by atoms with Crippen LogP contribution >= 0.6 is 11.8 Å². The Hall–Kier alpha value is -3.57. The molecule has 0 aromatic heterocycles. The molecule has 1 heterocycles. The Balaban J connectivity index is 1.80. The molecule has 0 aliphatic carbocycles. The highest BCUT2D eigenvalue weighted by Gasteiger charge is 2.42. The summed E-state index contributed by atoms with van der Waals surface area (Å²) in [6, 6.07) is 5.46. The van der Waals surface area contributed by atoms with Gasteiger partial charge in [-0.3, -0.25) is 19.2 Å². The molecule has 164 valence electrons. The number of carbonyl (C=O) groups excluding carboxylic acids is 5. The fourth-order valence-corrected chi connectivity index (χ4v) is 3.57. The summed E-state index contributed by atoms with van der Waals surface area (Å²) < 4.78 is 0. The number of hydroxylamine groups is 2. The highest BCUT2D eigenvalue weighted by Crippen LogP contribution is 2.26. The van der Waals surface area contributed by atoms with E-state index in [2.05, 4.69) is 20.7 Å². The van der Waals surface area contributed by atoms with Crippen molar-refractivity contribution in [3.63, 3.8) is 0 Å². The van der Waals surface area contributed by atoms with Gasteiger partial charge in [0.25, 0.3) is 11.8 Å². The number of hydrogen-bond donors (Lipinski definition) is 2. The molecule has 1 atom stereocenters. The average Bonchev–Trinajstić information content (AvgIpc) is 3.01. The number of imide groups is 1. The van der Waals surface area contributed by atoms with Gasteiger partial charge in [0.05, 0.1) is 17.2 Å². The van der Waals surface area contributed by atoms with Gasteiger partial charge in [0, 0.05) is 42.8 Å². The molecule has 0 spiro atoms. The van der Waals surface area contributed by atoms with Crippen molar-refractivity contribution in [2.75, 3.05) is 19.3 Å². The second-order valence-electron chi connectivity index (χ2n) is 6.23. The molecule has 4 amide bonds. The molecule has 2 N–H and O–H groups in total. The monoisotopic (exact) mass is 448 g/mol. The van der Waals surface area contributed by atoms with Crippen LogP contribution in [0.4, 0.5) is 5.69 Å². The first-order chi connectivity index (χ1) is 14.8. The quantitative estimate of drug-likeness (QED) is 0.234. The smallest absolute Gasteiger partial charge is 0.359 e. The number of azide groups is 1. The Morgan fingerprint density at radius 3 is 2.58 bits per heavy atom. The van der Waals surface area contributed by atoms with E-state index in [0.717, 1.165) is 11.8 Å². The van der Waals surface area contributed by atoms with E-state index in [1.165, 1.54) is 31.3 Å². The number of thioether (sulfide) groups is 1. The molecule has 1 aromatic carbocycles. The summed E-state index contributed by atoms with van der Waals surface area (Å²) in [7, 11) is 1.50. The van der Waals surface area contributed by atoms with Gasteiger partial charge in [-0.2, -0.15) is 0 Å². The zero-order valence-electron chi connectivity index (χ0n) is 16.6. The SMILES string of the molecule is CNC(=O)CCNC(=O)CCSC1CC(=O)N(OC(=O)c2ccc(N=[N+]=[N-])cc2)C1=O. The van der Waals surface area contributed by atoms with E-state index in [-0.39, 0.29) is 48.9 Å². The van der Waals surface area contributed by atoms with E-state index < -0.39 is 23.0 Å². The number of hydrogen-bond acceptors (Lipinski definition) is 8. The lowest BCUT2D eigenvalue weighted by Gasteiger charge is -2.13. The molecule has 2 rings (SSSR count). The largest absolute Gasteiger partial charge is 0.363 e. The van der Waals surface area contributed by atoms with E-state index in [9.17, 15) is 24.0 Å². The van der Waals surface area contributed by atoms with Crippen LogP contribution in [-0.2, 0) is 24.0 Å². The predicted molar refractivity (Wildman–Crippen MR) is 110 cm³/mol. The third kappa shape index (κ3) is 7.01. The van der Waals surface area contributed by atoms with Crippen LogP contribution in [0, 0.1) is 0 Å².